The van der Waals surface area contributed by atoms with Gasteiger partial charge < -0.3 is 5.32 Å². The summed E-state index contributed by atoms with van der Waals surface area (Å²) in [6, 6.07) is 0.542. The van der Waals surface area contributed by atoms with Crippen molar-refractivity contribution < 1.29 is 0 Å². The second kappa shape index (κ2) is 6.88. The molecule has 1 aromatic rings. The maximum absolute atomic E-state index is 4.49. The molecule has 5 heteroatoms. The van der Waals surface area contributed by atoms with Crippen LogP contribution in [0.1, 0.15) is 53.3 Å². The van der Waals surface area contributed by atoms with E-state index < -0.39 is 0 Å². The normalized spacial score (nSPS) is 22.9. The maximum atomic E-state index is 4.49. The van der Waals surface area contributed by atoms with Gasteiger partial charge >= 0.3 is 0 Å². The highest BCUT2D eigenvalue weighted by Gasteiger charge is 2.35. The van der Waals surface area contributed by atoms with Crippen LogP contribution in [-0.2, 0) is 13.1 Å². The first-order valence-electron chi connectivity index (χ1n) is 8.35. The Bertz CT molecular complexity index is 436. The van der Waals surface area contributed by atoms with Gasteiger partial charge in [-0.25, -0.2) is 9.67 Å². The summed E-state index contributed by atoms with van der Waals surface area (Å²) >= 11 is 0. The molecule has 1 saturated heterocycles. The van der Waals surface area contributed by atoms with E-state index in [2.05, 4.69) is 59.6 Å². The van der Waals surface area contributed by atoms with E-state index in [4.69, 9.17) is 0 Å². The predicted octanol–water partition coefficient (Wildman–Crippen LogP) is 2.29. The Kier molecular flexibility index (Phi) is 5.38. The summed E-state index contributed by atoms with van der Waals surface area (Å²) in [5.74, 6) is 1.69. The lowest BCUT2D eigenvalue weighted by Gasteiger charge is -2.46. The van der Waals surface area contributed by atoms with E-state index in [9.17, 15) is 0 Å². The first kappa shape index (κ1) is 16.4. The number of aromatic nitrogens is 3. The Balaban J connectivity index is 2.08. The second-order valence-corrected chi connectivity index (χ2v) is 6.87. The summed E-state index contributed by atoms with van der Waals surface area (Å²) in [4.78, 5) is 7.05. The van der Waals surface area contributed by atoms with Gasteiger partial charge in [-0.15, -0.1) is 0 Å². The van der Waals surface area contributed by atoms with Gasteiger partial charge in [0.2, 0.25) is 0 Å². The third-order valence-corrected chi connectivity index (χ3v) is 4.83. The molecule has 1 aliphatic rings. The Morgan fingerprint density at radius 1 is 1.38 bits per heavy atom. The van der Waals surface area contributed by atoms with Crippen molar-refractivity contribution >= 4 is 0 Å². The van der Waals surface area contributed by atoms with Gasteiger partial charge in [0.05, 0.1) is 6.54 Å². The van der Waals surface area contributed by atoms with Crippen LogP contribution in [-0.4, -0.2) is 44.3 Å². The molecule has 0 radical (unpaired) electrons. The highest BCUT2D eigenvalue weighted by atomic mass is 15.4. The third kappa shape index (κ3) is 3.83. The molecule has 1 atom stereocenters. The maximum Gasteiger partial charge on any atom is 0.141 e. The molecule has 1 unspecified atom stereocenters. The molecule has 1 aromatic heterocycles. The number of hydrogen-bond acceptors (Lipinski definition) is 4. The van der Waals surface area contributed by atoms with Crippen LogP contribution in [0.5, 0.6) is 0 Å². The van der Waals surface area contributed by atoms with Crippen molar-refractivity contribution in [2.45, 2.75) is 72.1 Å². The minimum Gasteiger partial charge on any atom is -0.308 e. The zero-order chi connectivity index (χ0) is 15.5. The highest BCUT2D eigenvalue weighted by molar-refractivity contribution is 4.97. The van der Waals surface area contributed by atoms with Crippen molar-refractivity contribution in [3.05, 3.63) is 12.2 Å². The summed E-state index contributed by atoms with van der Waals surface area (Å²) < 4.78 is 2.07. The van der Waals surface area contributed by atoms with Crippen LogP contribution in [0, 0.1) is 5.92 Å². The lowest BCUT2D eigenvalue weighted by Crippen LogP contribution is -2.62. The molecule has 1 aliphatic heterocycles. The number of rotatable bonds is 6. The van der Waals surface area contributed by atoms with Crippen molar-refractivity contribution in [2.24, 2.45) is 5.92 Å². The molecule has 2 heterocycles. The number of hydrogen-bond donors (Lipinski definition) is 1. The topological polar surface area (TPSA) is 46.0 Å². The summed E-state index contributed by atoms with van der Waals surface area (Å²) in [5.41, 5.74) is 0.259. The predicted molar refractivity (Wildman–Crippen MR) is 86.0 cm³/mol. The van der Waals surface area contributed by atoms with Gasteiger partial charge in [0, 0.05) is 31.2 Å². The number of nitrogens with one attached hydrogen (secondary N) is 1. The quantitative estimate of drug-likeness (QED) is 0.874. The molecule has 0 saturated carbocycles. The molecule has 5 nitrogen and oxygen atoms in total. The summed E-state index contributed by atoms with van der Waals surface area (Å²) in [5, 5.41) is 8.14. The van der Waals surface area contributed by atoms with Crippen molar-refractivity contribution in [3.63, 3.8) is 0 Å². The van der Waals surface area contributed by atoms with E-state index in [0.29, 0.717) is 12.0 Å². The van der Waals surface area contributed by atoms with Gasteiger partial charge in [-0.2, -0.15) is 5.10 Å². The average Bonchev–Trinajstić information content (AvgIpc) is 2.88. The van der Waals surface area contributed by atoms with Crippen molar-refractivity contribution in [2.75, 3.05) is 13.1 Å². The molecule has 1 N–H and O–H groups in total. The Morgan fingerprint density at radius 3 is 2.71 bits per heavy atom. The molecule has 0 amide bonds. The van der Waals surface area contributed by atoms with Crippen LogP contribution in [0.15, 0.2) is 6.33 Å². The fraction of sp³-hybridized carbons (Fsp3) is 0.875. The average molecular weight is 293 g/mol. The molecular weight excluding hydrogens is 262 g/mol. The fourth-order valence-corrected chi connectivity index (χ4v) is 3.12. The Labute approximate surface area is 129 Å². The Hall–Kier alpha value is -0.940. The van der Waals surface area contributed by atoms with E-state index in [1.165, 1.54) is 12.8 Å². The van der Waals surface area contributed by atoms with E-state index in [1.54, 1.807) is 6.33 Å². The van der Waals surface area contributed by atoms with E-state index in [0.717, 1.165) is 32.0 Å². The Morgan fingerprint density at radius 2 is 2.10 bits per heavy atom. The largest absolute Gasteiger partial charge is 0.308 e. The van der Waals surface area contributed by atoms with Crippen LogP contribution >= 0.6 is 0 Å². The van der Waals surface area contributed by atoms with Crippen LogP contribution in [0.3, 0.4) is 0 Å². The monoisotopic (exact) mass is 293 g/mol. The first-order chi connectivity index (χ1) is 9.99. The van der Waals surface area contributed by atoms with Gasteiger partial charge in [0.25, 0.3) is 0 Å². The molecule has 0 aromatic carbocycles. The molecule has 0 bridgehead atoms. The summed E-state index contributed by atoms with van der Waals surface area (Å²) in [7, 11) is 0. The minimum absolute atomic E-state index is 0.259. The summed E-state index contributed by atoms with van der Waals surface area (Å²) in [6.45, 7) is 15.3. The minimum atomic E-state index is 0.259. The van der Waals surface area contributed by atoms with E-state index >= 15 is 0 Å². The zero-order valence-electron chi connectivity index (χ0n) is 14.3. The van der Waals surface area contributed by atoms with Crippen molar-refractivity contribution in [1.82, 2.24) is 25.0 Å². The van der Waals surface area contributed by atoms with Crippen molar-refractivity contribution in [1.29, 1.82) is 0 Å². The van der Waals surface area contributed by atoms with Crippen molar-refractivity contribution in [3.8, 4) is 0 Å². The fourth-order valence-electron chi connectivity index (χ4n) is 3.12. The molecule has 0 aliphatic carbocycles. The molecule has 120 valence electrons. The van der Waals surface area contributed by atoms with E-state index in [-0.39, 0.29) is 5.54 Å². The van der Waals surface area contributed by atoms with Crippen LogP contribution in [0.2, 0.25) is 0 Å². The highest BCUT2D eigenvalue weighted by Crippen LogP contribution is 2.23. The molecule has 2 rings (SSSR count). The SMILES string of the molecule is CCC1(CC)CN(Cc2ncnn2CC(C)C)C(C)CN1. The number of piperazine rings is 1. The number of nitrogens with zero attached hydrogens (tertiary/aromatic N) is 4. The lowest BCUT2D eigenvalue weighted by molar-refractivity contribution is 0.0710. The summed E-state index contributed by atoms with van der Waals surface area (Å²) in [6.07, 6.45) is 4.04. The van der Waals surface area contributed by atoms with Gasteiger partial charge in [-0.3, -0.25) is 4.90 Å². The molecule has 1 fully saturated rings. The second-order valence-electron chi connectivity index (χ2n) is 6.87. The van der Waals surface area contributed by atoms with Gasteiger partial charge in [0.15, 0.2) is 0 Å². The first-order valence-corrected chi connectivity index (χ1v) is 8.35. The van der Waals surface area contributed by atoms with Crippen LogP contribution < -0.4 is 5.32 Å². The zero-order valence-corrected chi connectivity index (χ0v) is 14.3. The molecular formula is C16H31N5. The van der Waals surface area contributed by atoms with Gasteiger partial charge in [-0.1, -0.05) is 27.7 Å². The van der Waals surface area contributed by atoms with E-state index in [1.807, 2.05) is 0 Å². The van der Waals surface area contributed by atoms with Gasteiger partial charge in [-0.05, 0) is 25.7 Å². The molecule has 0 spiro atoms. The smallest absolute Gasteiger partial charge is 0.141 e. The van der Waals surface area contributed by atoms with Crippen LogP contribution in [0.25, 0.3) is 0 Å². The standard InChI is InChI=1S/C16H31N5/c1-6-16(7-2)11-20(14(5)8-18-16)10-15-17-12-19-21(15)9-13(3)4/h12-14,18H,6-11H2,1-5H3. The molecule has 21 heavy (non-hydrogen) atoms. The third-order valence-electron chi connectivity index (χ3n) is 4.83. The van der Waals surface area contributed by atoms with Gasteiger partial charge in [0.1, 0.15) is 12.2 Å². The lowest BCUT2D eigenvalue weighted by atomic mass is 9.89. The van der Waals surface area contributed by atoms with Crippen LogP contribution in [0.4, 0.5) is 0 Å².